The van der Waals surface area contributed by atoms with Crippen LogP contribution >= 0.6 is 0 Å². The van der Waals surface area contributed by atoms with Crippen molar-refractivity contribution in [3.05, 3.63) is 187 Å². The third-order valence-electron chi connectivity index (χ3n) is 11.2. The van der Waals surface area contributed by atoms with Crippen molar-refractivity contribution in [2.24, 2.45) is 0 Å². The molecule has 1 aromatic heterocycles. The molecule has 0 amide bonds. The summed E-state index contributed by atoms with van der Waals surface area (Å²) in [7, 11) is 0. The minimum atomic E-state index is 0.386. The monoisotopic (exact) mass is 648 g/mol. The van der Waals surface area contributed by atoms with Gasteiger partial charge in [-0.1, -0.05) is 158 Å². The first-order valence-corrected chi connectivity index (χ1v) is 17.9. The summed E-state index contributed by atoms with van der Waals surface area (Å²) in [5, 5.41) is 9.94. The quantitative estimate of drug-likeness (QED) is 0.137. The predicted molar refractivity (Wildman–Crippen MR) is 216 cm³/mol. The summed E-state index contributed by atoms with van der Waals surface area (Å²) in [6, 6.07) is 60.2. The van der Waals surface area contributed by atoms with E-state index < -0.39 is 0 Å². The average molecular weight is 649 g/mol. The summed E-state index contributed by atoms with van der Waals surface area (Å²) >= 11 is 0. The van der Waals surface area contributed by atoms with Crippen molar-refractivity contribution in [3.8, 4) is 33.4 Å². The lowest BCUT2D eigenvalue weighted by Gasteiger charge is -2.21. The number of allylic oxidation sites excluding steroid dienone is 1. The second kappa shape index (κ2) is 11.0. The summed E-state index contributed by atoms with van der Waals surface area (Å²) in [6.45, 7) is 0. The Bertz CT molecular complexity index is 2940. The van der Waals surface area contributed by atoms with Crippen LogP contribution in [0.1, 0.15) is 22.6 Å². The van der Waals surface area contributed by atoms with Crippen molar-refractivity contribution < 1.29 is 4.42 Å². The average Bonchev–Trinajstić information content (AvgIpc) is 3.59. The molecule has 1 unspecified atom stereocenters. The Hall–Kier alpha value is -6.44. The first-order valence-electron chi connectivity index (χ1n) is 17.9. The van der Waals surface area contributed by atoms with Crippen molar-refractivity contribution in [2.45, 2.75) is 12.3 Å². The van der Waals surface area contributed by atoms with E-state index >= 15 is 0 Å². The van der Waals surface area contributed by atoms with E-state index in [9.17, 15) is 0 Å². The molecule has 1 heteroatoms. The Balaban J connectivity index is 1.06. The Morgan fingerprint density at radius 2 is 1.12 bits per heavy atom. The summed E-state index contributed by atoms with van der Waals surface area (Å²) in [6.07, 6.45) is 5.69. The maximum Gasteiger partial charge on any atom is 0.136 e. The maximum absolute atomic E-state index is 6.29. The molecule has 0 bridgehead atoms. The lowest BCUT2D eigenvalue weighted by atomic mass is 9.83. The van der Waals surface area contributed by atoms with Gasteiger partial charge in [0.2, 0.25) is 0 Å². The molecule has 238 valence electrons. The van der Waals surface area contributed by atoms with Crippen LogP contribution in [-0.4, -0.2) is 0 Å². The minimum absolute atomic E-state index is 0.386. The number of hydrogen-bond acceptors (Lipinski definition) is 1. The lowest BCUT2D eigenvalue weighted by molar-refractivity contribution is 0.669. The van der Waals surface area contributed by atoms with E-state index in [1.54, 1.807) is 0 Å². The summed E-state index contributed by atoms with van der Waals surface area (Å²) < 4.78 is 6.29. The van der Waals surface area contributed by atoms with E-state index in [1.807, 2.05) is 0 Å². The molecule has 0 aliphatic heterocycles. The number of rotatable bonds is 4. The first-order chi connectivity index (χ1) is 25.3. The van der Waals surface area contributed by atoms with Crippen molar-refractivity contribution in [3.63, 3.8) is 0 Å². The molecular formula is C50H32O. The van der Waals surface area contributed by atoms with Crippen LogP contribution in [0.15, 0.2) is 174 Å². The highest BCUT2D eigenvalue weighted by Gasteiger charge is 2.20. The lowest BCUT2D eigenvalue weighted by Crippen LogP contribution is -2.05. The molecule has 1 heterocycles. The summed E-state index contributed by atoms with van der Waals surface area (Å²) in [5.41, 5.74) is 13.5. The first kappa shape index (κ1) is 28.4. The van der Waals surface area contributed by atoms with Crippen molar-refractivity contribution in [1.82, 2.24) is 0 Å². The van der Waals surface area contributed by atoms with Gasteiger partial charge in [-0.3, -0.25) is 0 Å². The largest absolute Gasteiger partial charge is 0.456 e. The van der Waals surface area contributed by atoms with Gasteiger partial charge >= 0.3 is 0 Å². The van der Waals surface area contributed by atoms with Crippen LogP contribution in [0.5, 0.6) is 0 Å². The van der Waals surface area contributed by atoms with E-state index in [2.05, 4.69) is 176 Å². The Morgan fingerprint density at radius 3 is 1.90 bits per heavy atom. The fourth-order valence-electron chi connectivity index (χ4n) is 8.82. The maximum atomic E-state index is 6.29. The van der Waals surface area contributed by atoms with Crippen LogP contribution in [0.25, 0.3) is 93.7 Å². The SMILES string of the molecule is C1=CC(c2ccc(-c3c4ccccc4c(-c4cccc(-c5ccc6oc7cccc8ccc5c6c87)c4)c4ccccc34)cc2)Cc2ccccc21. The number of benzene rings is 9. The van der Waals surface area contributed by atoms with Gasteiger partial charge in [-0.2, -0.15) is 0 Å². The molecule has 11 rings (SSSR count). The fourth-order valence-corrected chi connectivity index (χ4v) is 8.82. The Kier molecular flexibility index (Phi) is 6.15. The summed E-state index contributed by atoms with van der Waals surface area (Å²) in [5.74, 6) is 0.386. The zero-order valence-electron chi connectivity index (χ0n) is 27.9. The molecule has 1 aliphatic carbocycles. The molecule has 0 fully saturated rings. The normalized spacial score (nSPS) is 14.3. The molecule has 1 atom stereocenters. The van der Waals surface area contributed by atoms with Gasteiger partial charge < -0.3 is 4.42 Å². The highest BCUT2D eigenvalue weighted by atomic mass is 16.3. The predicted octanol–water partition coefficient (Wildman–Crippen LogP) is 13.8. The molecule has 1 aliphatic rings. The molecular weight excluding hydrogens is 617 g/mol. The Morgan fingerprint density at radius 1 is 0.451 bits per heavy atom. The third kappa shape index (κ3) is 4.35. The second-order valence-corrected chi connectivity index (χ2v) is 14.0. The van der Waals surface area contributed by atoms with Crippen LogP contribution in [-0.2, 0) is 6.42 Å². The number of fused-ring (bicyclic) bond motifs is 3. The zero-order chi connectivity index (χ0) is 33.5. The van der Waals surface area contributed by atoms with Gasteiger partial charge in [-0.15, -0.1) is 0 Å². The van der Waals surface area contributed by atoms with Gasteiger partial charge in [-0.05, 0) is 107 Å². The van der Waals surface area contributed by atoms with Crippen LogP contribution in [0.2, 0.25) is 0 Å². The van der Waals surface area contributed by atoms with Gasteiger partial charge in [0.15, 0.2) is 0 Å². The van der Waals surface area contributed by atoms with Crippen molar-refractivity contribution >= 4 is 60.3 Å². The van der Waals surface area contributed by atoms with E-state index in [-0.39, 0.29) is 0 Å². The molecule has 0 saturated heterocycles. The molecule has 1 nitrogen and oxygen atoms in total. The van der Waals surface area contributed by atoms with Gasteiger partial charge in [0.05, 0.1) is 0 Å². The van der Waals surface area contributed by atoms with Crippen molar-refractivity contribution in [1.29, 1.82) is 0 Å². The topological polar surface area (TPSA) is 13.1 Å². The minimum Gasteiger partial charge on any atom is -0.456 e. The van der Waals surface area contributed by atoms with Crippen LogP contribution in [0.3, 0.4) is 0 Å². The number of hydrogen-bond donors (Lipinski definition) is 0. The van der Waals surface area contributed by atoms with E-state index in [4.69, 9.17) is 4.42 Å². The van der Waals surface area contributed by atoms with Crippen LogP contribution < -0.4 is 0 Å². The van der Waals surface area contributed by atoms with Crippen LogP contribution in [0, 0.1) is 0 Å². The standard InChI is InChI=1S/C50H32O/c1-2-10-35-29-36(24-21-31(35)9-1)32-19-22-34(23-20-32)47-40-14-3-5-16-42(40)48(43-17-6-4-15-41(43)47)38-13-7-12-37(30-38)39-27-28-46-50-44(39)26-25-33-11-8-18-45(51-46)49(33)50/h1-28,30,36H,29H2. The van der Waals surface area contributed by atoms with Gasteiger partial charge in [0.25, 0.3) is 0 Å². The van der Waals surface area contributed by atoms with Gasteiger partial charge in [-0.25, -0.2) is 0 Å². The van der Waals surface area contributed by atoms with E-state index in [0.29, 0.717) is 5.92 Å². The van der Waals surface area contributed by atoms with Gasteiger partial charge in [0.1, 0.15) is 11.2 Å². The van der Waals surface area contributed by atoms with Gasteiger partial charge in [0, 0.05) is 16.7 Å². The molecule has 0 radical (unpaired) electrons. The van der Waals surface area contributed by atoms with E-state index in [0.717, 1.165) is 17.6 Å². The van der Waals surface area contributed by atoms with E-state index in [1.165, 1.54) is 93.2 Å². The highest BCUT2D eigenvalue weighted by molar-refractivity contribution is 6.25. The smallest absolute Gasteiger partial charge is 0.136 e. The third-order valence-corrected chi connectivity index (χ3v) is 11.2. The Labute approximate surface area is 296 Å². The molecule has 9 aromatic carbocycles. The van der Waals surface area contributed by atoms with Crippen LogP contribution in [0.4, 0.5) is 0 Å². The molecule has 0 N–H and O–H groups in total. The molecule has 0 spiro atoms. The molecule has 0 saturated carbocycles. The zero-order valence-corrected chi connectivity index (χ0v) is 27.9. The summed E-state index contributed by atoms with van der Waals surface area (Å²) in [4.78, 5) is 0. The number of furan rings is 1. The second-order valence-electron chi connectivity index (χ2n) is 14.0. The molecule has 51 heavy (non-hydrogen) atoms. The molecule has 10 aromatic rings. The van der Waals surface area contributed by atoms with Crippen molar-refractivity contribution in [2.75, 3.05) is 0 Å². The highest BCUT2D eigenvalue weighted by Crippen LogP contribution is 2.46. The fraction of sp³-hybridized carbons (Fsp3) is 0.0400.